The SMILES string of the molecule is COC1CC2C(CCC3CC(C)CCC32C)C2CC[C@H](C(=O)Cn3cc4ccncc4n3)C12C. The second-order valence-electron chi connectivity index (χ2n) is 12.7. The minimum atomic E-state index is -0.0632. The highest BCUT2D eigenvalue weighted by Crippen LogP contribution is 2.68. The number of rotatable bonds is 4. The van der Waals surface area contributed by atoms with Crippen LogP contribution in [0.1, 0.15) is 72.1 Å². The molecule has 0 bridgehead atoms. The lowest BCUT2D eigenvalue weighted by molar-refractivity contribution is -0.178. The number of carbonyl (C=O) groups is 1. The Labute approximate surface area is 204 Å². The Bertz CT molecular complexity index is 1050. The normalized spacial score (nSPS) is 43.8. The van der Waals surface area contributed by atoms with Crippen LogP contribution in [0, 0.1) is 46.3 Å². The topological polar surface area (TPSA) is 57.0 Å². The number of methoxy groups -OCH3 is 1. The van der Waals surface area contributed by atoms with Crippen LogP contribution in [0.25, 0.3) is 10.9 Å². The fourth-order valence-corrected chi connectivity index (χ4v) is 9.56. The average molecular weight is 464 g/mol. The summed E-state index contributed by atoms with van der Waals surface area (Å²) in [6.45, 7) is 7.82. The number of fused-ring (bicyclic) bond motifs is 6. The molecular weight excluding hydrogens is 422 g/mol. The average Bonchev–Trinajstić information content (AvgIpc) is 3.39. The number of hydrogen-bond acceptors (Lipinski definition) is 4. The Hall–Kier alpha value is -1.75. The van der Waals surface area contributed by atoms with Crippen molar-refractivity contribution in [1.82, 2.24) is 14.8 Å². The molecule has 8 unspecified atom stereocenters. The molecule has 0 N–H and O–H groups in total. The van der Waals surface area contributed by atoms with Crippen molar-refractivity contribution in [2.75, 3.05) is 7.11 Å². The smallest absolute Gasteiger partial charge is 0.157 e. The van der Waals surface area contributed by atoms with E-state index in [0.29, 0.717) is 23.7 Å². The maximum atomic E-state index is 13.8. The van der Waals surface area contributed by atoms with Crippen molar-refractivity contribution in [3.63, 3.8) is 0 Å². The fraction of sp³-hybridized carbons (Fsp3) is 0.759. The van der Waals surface area contributed by atoms with Gasteiger partial charge in [0, 0.05) is 36.2 Å². The molecule has 184 valence electrons. The van der Waals surface area contributed by atoms with Crippen molar-refractivity contribution < 1.29 is 9.53 Å². The van der Waals surface area contributed by atoms with Gasteiger partial charge in [-0.25, -0.2) is 0 Å². The first-order valence-electron chi connectivity index (χ1n) is 13.7. The molecule has 4 fully saturated rings. The van der Waals surface area contributed by atoms with Gasteiger partial charge < -0.3 is 4.74 Å². The Morgan fingerprint density at radius 1 is 1.15 bits per heavy atom. The number of aromatic nitrogens is 3. The zero-order valence-electron chi connectivity index (χ0n) is 21.4. The third-order valence-corrected chi connectivity index (χ3v) is 11.4. The molecule has 2 heterocycles. The highest BCUT2D eigenvalue weighted by molar-refractivity contribution is 5.83. The molecule has 0 radical (unpaired) electrons. The van der Waals surface area contributed by atoms with Crippen LogP contribution in [0.2, 0.25) is 0 Å². The van der Waals surface area contributed by atoms with Crippen LogP contribution < -0.4 is 0 Å². The van der Waals surface area contributed by atoms with E-state index in [-0.39, 0.29) is 17.4 Å². The first kappa shape index (κ1) is 22.7. The van der Waals surface area contributed by atoms with Gasteiger partial charge in [-0.05, 0) is 86.0 Å². The standard InChI is InChI=1S/C29H41N3O2/c1-18-9-11-28(2)20(13-18)5-6-21-22-7-8-23(29(22,3)27(34-4)14-24(21)28)26(33)17-32-16-19-10-12-30-15-25(19)31-32/h10,12,15-16,18,20-24,27H,5-9,11,13-14,17H2,1-4H3/t18?,20?,21?,22?,23-,24?,27?,28?,29?/m1/s1. The van der Waals surface area contributed by atoms with Crippen LogP contribution >= 0.6 is 0 Å². The lowest BCUT2D eigenvalue weighted by Crippen LogP contribution is -2.59. The molecule has 5 nitrogen and oxygen atoms in total. The molecule has 2 aromatic heterocycles. The van der Waals surface area contributed by atoms with Crippen LogP contribution in [-0.2, 0) is 16.1 Å². The van der Waals surface area contributed by atoms with Gasteiger partial charge in [0.2, 0.25) is 0 Å². The fourth-order valence-electron chi connectivity index (χ4n) is 9.56. The van der Waals surface area contributed by atoms with E-state index in [1.165, 1.54) is 38.5 Å². The van der Waals surface area contributed by atoms with Gasteiger partial charge in [0.05, 0.1) is 18.8 Å². The lowest BCUT2D eigenvalue weighted by atomic mass is 9.43. The summed E-state index contributed by atoms with van der Waals surface area (Å²) in [4.78, 5) is 17.9. The lowest BCUT2D eigenvalue weighted by Gasteiger charge is -2.62. The van der Waals surface area contributed by atoms with E-state index in [0.717, 1.165) is 47.4 Å². The molecule has 9 atom stereocenters. The van der Waals surface area contributed by atoms with Crippen molar-refractivity contribution in [3.05, 3.63) is 24.7 Å². The van der Waals surface area contributed by atoms with E-state index in [1.807, 2.05) is 24.1 Å². The summed E-state index contributed by atoms with van der Waals surface area (Å²) in [6.07, 6.45) is 15.9. The van der Waals surface area contributed by atoms with E-state index in [9.17, 15) is 4.79 Å². The van der Waals surface area contributed by atoms with Crippen LogP contribution in [0.15, 0.2) is 24.7 Å². The number of ketones is 1. The maximum Gasteiger partial charge on any atom is 0.157 e. The summed E-state index contributed by atoms with van der Waals surface area (Å²) < 4.78 is 8.13. The molecule has 0 saturated heterocycles. The van der Waals surface area contributed by atoms with Crippen LogP contribution in [0.5, 0.6) is 0 Å². The van der Waals surface area contributed by atoms with Crippen LogP contribution in [-0.4, -0.2) is 33.8 Å². The Kier molecular flexibility index (Phi) is 5.44. The molecule has 34 heavy (non-hydrogen) atoms. The summed E-state index contributed by atoms with van der Waals surface area (Å²) >= 11 is 0. The summed E-state index contributed by atoms with van der Waals surface area (Å²) in [5.41, 5.74) is 1.25. The molecule has 0 spiro atoms. The molecular formula is C29H41N3O2. The van der Waals surface area contributed by atoms with E-state index in [4.69, 9.17) is 4.74 Å². The summed E-state index contributed by atoms with van der Waals surface area (Å²) in [5.74, 6) is 4.25. The zero-order valence-corrected chi connectivity index (χ0v) is 21.4. The van der Waals surface area contributed by atoms with Gasteiger partial charge in [-0.3, -0.25) is 14.5 Å². The first-order chi connectivity index (χ1) is 16.3. The highest BCUT2D eigenvalue weighted by Gasteiger charge is 2.64. The monoisotopic (exact) mass is 463 g/mol. The van der Waals surface area contributed by atoms with Gasteiger partial charge >= 0.3 is 0 Å². The number of hydrogen-bond donors (Lipinski definition) is 0. The molecule has 0 amide bonds. The Balaban J connectivity index is 1.27. The van der Waals surface area contributed by atoms with Gasteiger partial charge in [-0.2, -0.15) is 5.10 Å². The second kappa shape index (κ2) is 8.15. The van der Waals surface area contributed by atoms with Crippen LogP contribution in [0.3, 0.4) is 0 Å². The van der Waals surface area contributed by atoms with E-state index in [2.05, 4.69) is 30.9 Å². The predicted molar refractivity (Wildman–Crippen MR) is 133 cm³/mol. The van der Waals surface area contributed by atoms with Gasteiger partial charge in [0.25, 0.3) is 0 Å². The quantitative estimate of drug-likeness (QED) is 0.565. The molecule has 4 saturated carbocycles. The Morgan fingerprint density at radius 3 is 2.79 bits per heavy atom. The van der Waals surface area contributed by atoms with Gasteiger partial charge in [0.1, 0.15) is 5.52 Å². The van der Waals surface area contributed by atoms with E-state index < -0.39 is 0 Å². The number of ether oxygens (including phenoxy) is 1. The molecule has 4 aliphatic carbocycles. The summed E-state index contributed by atoms with van der Waals surface area (Å²) in [7, 11) is 1.89. The highest BCUT2D eigenvalue weighted by atomic mass is 16.5. The van der Waals surface area contributed by atoms with E-state index in [1.54, 1.807) is 12.4 Å². The largest absolute Gasteiger partial charge is 0.381 e. The predicted octanol–water partition coefficient (Wildman–Crippen LogP) is 5.92. The molecule has 6 rings (SSSR count). The molecule has 0 aromatic carbocycles. The van der Waals surface area contributed by atoms with Crippen molar-refractivity contribution >= 4 is 16.7 Å². The molecule has 2 aromatic rings. The minimum absolute atomic E-state index is 0.0609. The van der Waals surface area contributed by atoms with Crippen molar-refractivity contribution in [1.29, 1.82) is 0 Å². The number of carbonyl (C=O) groups excluding carboxylic acids is 1. The summed E-state index contributed by atoms with van der Waals surface area (Å²) in [6, 6.07) is 1.96. The summed E-state index contributed by atoms with van der Waals surface area (Å²) in [5, 5.41) is 5.66. The zero-order chi connectivity index (χ0) is 23.7. The van der Waals surface area contributed by atoms with Crippen molar-refractivity contribution in [2.45, 2.75) is 84.8 Å². The second-order valence-corrected chi connectivity index (χ2v) is 12.7. The molecule has 4 aliphatic rings. The minimum Gasteiger partial charge on any atom is -0.381 e. The van der Waals surface area contributed by atoms with Crippen LogP contribution in [0.4, 0.5) is 0 Å². The van der Waals surface area contributed by atoms with E-state index >= 15 is 0 Å². The van der Waals surface area contributed by atoms with Crippen molar-refractivity contribution in [2.24, 2.45) is 46.3 Å². The number of nitrogens with zero attached hydrogens (tertiary/aromatic N) is 3. The van der Waals surface area contributed by atoms with Gasteiger partial charge in [-0.15, -0.1) is 0 Å². The van der Waals surface area contributed by atoms with Crippen molar-refractivity contribution in [3.8, 4) is 0 Å². The number of Topliss-reactive ketones (excluding diaryl/α,β-unsaturated/α-hetero) is 1. The maximum absolute atomic E-state index is 13.8. The van der Waals surface area contributed by atoms with Gasteiger partial charge in [-0.1, -0.05) is 27.2 Å². The third-order valence-electron chi connectivity index (χ3n) is 11.4. The molecule has 0 aliphatic heterocycles. The Morgan fingerprint density at radius 2 is 2.00 bits per heavy atom. The molecule has 5 heteroatoms. The van der Waals surface area contributed by atoms with Gasteiger partial charge in [0.15, 0.2) is 5.78 Å². The number of pyridine rings is 1. The first-order valence-corrected chi connectivity index (χ1v) is 13.7. The third kappa shape index (κ3) is 3.25.